The number of thiazole rings is 1. The summed E-state index contributed by atoms with van der Waals surface area (Å²) in [5.74, 6) is 0.552. The molecule has 0 spiro atoms. The van der Waals surface area contributed by atoms with Crippen LogP contribution < -0.4 is 5.32 Å². The summed E-state index contributed by atoms with van der Waals surface area (Å²) in [6, 6.07) is 0. The Morgan fingerprint density at radius 2 is 2.39 bits per heavy atom. The fourth-order valence-corrected chi connectivity index (χ4v) is 3.18. The molecule has 3 rings (SSSR count). The molecule has 18 heavy (non-hydrogen) atoms. The van der Waals surface area contributed by atoms with E-state index in [4.69, 9.17) is 0 Å². The molecular weight excluding hydrogens is 268 g/mol. The number of aromatic nitrogens is 3. The zero-order valence-electron chi connectivity index (χ0n) is 9.84. The van der Waals surface area contributed by atoms with Crippen LogP contribution in [0.5, 0.6) is 0 Å². The highest BCUT2D eigenvalue weighted by atomic mass is 32.1. The van der Waals surface area contributed by atoms with Gasteiger partial charge in [0.2, 0.25) is 0 Å². The molecule has 2 heterocycles. The number of carbonyl (C=O) groups is 1. The lowest BCUT2D eigenvalue weighted by molar-refractivity contribution is 0.0953. The Morgan fingerprint density at radius 1 is 1.56 bits per heavy atom. The normalized spacial score (nSPS) is 14.7. The molecule has 7 heteroatoms. The molecule has 2 aromatic heterocycles. The molecule has 1 fully saturated rings. The highest BCUT2D eigenvalue weighted by molar-refractivity contribution is 7.09. The van der Waals surface area contributed by atoms with Crippen LogP contribution in [0.2, 0.25) is 0 Å². The Labute approximate surface area is 112 Å². The van der Waals surface area contributed by atoms with E-state index in [1.165, 1.54) is 17.8 Å². The van der Waals surface area contributed by atoms with Crippen molar-refractivity contribution in [2.45, 2.75) is 32.2 Å². The van der Waals surface area contributed by atoms with Crippen molar-refractivity contribution in [2.24, 2.45) is 0 Å². The maximum atomic E-state index is 11.8. The van der Waals surface area contributed by atoms with Crippen molar-refractivity contribution in [3.63, 3.8) is 0 Å². The van der Waals surface area contributed by atoms with Crippen molar-refractivity contribution < 1.29 is 4.79 Å². The number of nitrogens with one attached hydrogen (secondary N) is 1. The number of rotatable bonds is 4. The van der Waals surface area contributed by atoms with Gasteiger partial charge in [-0.2, -0.15) is 0 Å². The van der Waals surface area contributed by atoms with Gasteiger partial charge in [0.15, 0.2) is 0 Å². The molecule has 0 atom stereocenters. The van der Waals surface area contributed by atoms with Gasteiger partial charge in [-0.05, 0) is 31.3 Å². The van der Waals surface area contributed by atoms with E-state index >= 15 is 0 Å². The van der Waals surface area contributed by atoms with Gasteiger partial charge in [0.25, 0.3) is 5.91 Å². The molecule has 0 bridgehead atoms. The largest absolute Gasteiger partial charge is 0.346 e. The number of nitrogens with zero attached hydrogens (tertiary/aromatic N) is 3. The second kappa shape index (κ2) is 4.74. The third-order valence-electron chi connectivity index (χ3n) is 2.78. The zero-order chi connectivity index (χ0) is 12.5. The molecule has 1 aliphatic carbocycles. The number of hydrogen-bond acceptors (Lipinski definition) is 6. The lowest BCUT2D eigenvalue weighted by Gasteiger charge is -2.00. The Balaban J connectivity index is 1.60. The molecule has 94 valence electrons. The van der Waals surface area contributed by atoms with E-state index in [9.17, 15) is 4.79 Å². The molecule has 0 saturated heterocycles. The average Bonchev–Trinajstić information content (AvgIpc) is 2.95. The first-order valence-corrected chi connectivity index (χ1v) is 7.41. The van der Waals surface area contributed by atoms with Gasteiger partial charge >= 0.3 is 0 Å². The molecule has 0 unspecified atom stereocenters. The van der Waals surface area contributed by atoms with Crippen molar-refractivity contribution >= 4 is 28.8 Å². The first-order chi connectivity index (χ1) is 8.74. The summed E-state index contributed by atoms with van der Waals surface area (Å²) in [6.45, 7) is 2.26. The average molecular weight is 280 g/mol. The number of aryl methyl sites for hydroxylation is 1. The van der Waals surface area contributed by atoms with E-state index in [2.05, 4.69) is 19.9 Å². The van der Waals surface area contributed by atoms with E-state index in [1.54, 1.807) is 18.3 Å². The van der Waals surface area contributed by atoms with Crippen molar-refractivity contribution in [3.05, 3.63) is 26.7 Å². The summed E-state index contributed by atoms with van der Waals surface area (Å²) in [5, 5.41) is 9.90. The molecule has 5 nitrogen and oxygen atoms in total. The van der Waals surface area contributed by atoms with Gasteiger partial charge in [-0.15, -0.1) is 16.4 Å². The highest BCUT2D eigenvalue weighted by Gasteiger charge is 2.26. The Kier molecular flexibility index (Phi) is 3.09. The predicted octanol–water partition coefficient (Wildman–Crippen LogP) is 2.11. The minimum atomic E-state index is -0.122. The van der Waals surface area contributed by atoms with Gasteiger partial charge in [-0.3, -0.25) is 4.79 Å². The second-order valence-electron chi connectivity index (χ2n) is 4.32. The maximum absolute atomic E-state index is 11.8. The molecule has 0 radical (unpaired) electrons. The predicted molar refractivity (Wildman–Crippen MR) is 69.9 cm³/mol. The summed E-state index contributed by atoms with van der Waals surface area (Å²) in [7, 11) is 0. The van der Waals surface area contributed by atoms with Crippen LogP contribution in [-0.2, 0) is 6.54 Å². The van der Waals surface area contributed by atoms with Gasteiger partial charge in [-0.25, -0.2) is 4.98 Å². The molecular formula is C11H12N4OS2. The fraction of sp³-hybridized carbons (Fsp3) is 0.455. The van der Waals surface area contributed by atoms with Crippen LogP contribution in [0.25, 0.3) is 0 Å². The third-order valence-corrected chi connectivity index (χ3v) is 4.67. The van der Waals surface area contributed by atoms with Gasteiger partial charge in [0.05, 0.1) is 22.9 Å². The fourth-order valence-electron chi connectivity index (χ4n) is 1.61. The summed E-state index contributed by atoms with van der Waals surface area (Å²) in [5.41, 5.74) is 1.61. The molecule has 2 aromatic rings. The standard InChI is InChI=1S/C11H12N4OS2/c1-6-9(18-15-14-6)10(16)12-4-8-5-17-11(13-8)7-2-3-7/h5,7H,2-4H2,1H3,(H,12,16). The van der Waals surface area contributed by atoms with Crippen LogP contribution in [0.15, 0.2) is 5.38 Å². The van der Waals surface area contributed by atoms with Crippen LogP contribution in [0, 0.1) is 6.92 Å². The van der Waals surface area contributed by atoms with Crippen LogP contribution in [0.3, 0.4) is 0 Å². The number of amides is 1. The van der Waals surface area contributed by atoms with Crippen molar-refractivity contribution in [3.8, 4) is 0 Å². The van der Waals surface area contributed by atoms with Crippen LogP contribution in [-0.4, -0.2) is 20.5 Å². The molecule has 0 aliphatic heterocycles. The van der Waals surface area contributed by atoms with E-state index in [0.717, 1.165) is 17.2 Å². The third kappa shape index (κ3) is 2.41. The second-order valence-corrected chi connectivity index (χ2v) is 5.97. The molecule has 1 aliphatic rings. The smallest absolute Gasteiger partial charge is 0.265 e. The highest BCUT2D eigenvalue weighted by Crippen LogP contribution is 2.41. The number of hydrogen-bond donors (Lipinski definition) is 1. The van der Waals surface area contributed by atoms with Crippen LogP contribution in [0.1, 0.15) is 44.8 Å². The lowest BCUT2D eigenvalue weighted by Crippen LogP contribution is -2.22. The van der Waals surface area contributed by atoms with E-state index in [1.807, 2.05) is 5.38 Å². The van der Waals surface area contributed by atoms with E-state index in [-0.39, 0.29) is 5.91 Å². The molecule has 1 N–H and O–H groups in total. The maximum Gasteiger partial charge on any atom is 0.265 e. The zero-order valence-corrected chi connectivity index (χ0v) is 11.5. The van der Waals surface area contributed by atoms with Crippen molar-refractivity contribution in [2.75, 3.05) is 0 Å². The Bertz CT molecular complexity index is 573. The van der Waals surface area contributed by atoms with Crippen LogP contribution in [0.4, 0.5) is 0 Å². The van der Waals surface area contributed by atoms with Gasteiger partial charge < -0.3 is 5.32 Å². The summed E-state index contributed by atoms with van der Waals surface area (Å²) < 4.78 is 3.75. The lowest BCUT2D eigenvalue weighted by atomic mass is 10.3. The topological polar surface area (TPSA) is 67.8 Å². The number of carbonyl (C=O) groups excluding carboxylic acids is 1. The first-order valence-electron chi connectivity index (χ1n) is 5.75. The quantitative estimate of drug-likeness (QED) is 0.931. The van der Waals surface area contributed by atoms with Gasteiger partial charge in [-0.1, -0.05) is 4.49 Å². The summed E-state index contributed by atoms with van der Waals surface area (Å²) >= 11 is 2.81. The van der Waals surface area contributed by atoms with Crippen molar-refractivity contribution in [1.29, 1.82) is 0 Å². The molecule has 0 aromatic carbocycles. The van der Waals surface area contributed by atoms with Gasteiger partial charge in [0, 0.05) is 11.3 Å². The minimum Gasteiger partial charge on any atom is -0.346 e. The first kappa shape index (κ1) is 11.7. The Hall–Kier alpha value is -1.34. The van der Waals surface area contributed by atoms with Crippen LogP contribution >= 0.6 is 22.9 Å². The van der Waals surface area contributed by atoms with Gasteiger partial charge in [0.1, 0.15) is 4.88 Å². The summed E-state index contributed by atoms with van der Waals surface area (Å²) in [6.07, 6.45) is 2.51. The minimum absolute atomic E-state index is 0.122. The molecule has 1 amide bonds. The SMILES string of the molecule is Cc1nnsc1C(=O)NCc1csc(C2CC2)n1. The Morgan fingerprint density at radius 3 is 3.06 bits per heavy atom. The monoisotopic (exact) mass is 280 g/mol. The van der Waals surface area contributed by atoms with Crippen molar-refractivity contribution in [1.82, 2.24) is 19.9 Å². The molecule has 1 saturated carbocycles. The van der Waals surface area contributed by atoms with E-state index in [0.29, 0.717) is 23.0 Å². The summed E-state index contributed by atoms with van der Waals surface area (Å²) in [4.78, 5) is 16.9. The van der Waals surface area contributed by atoms with E-state index < -0.39 is 0 Å².